The second-order valence-electron chi connectivity index (χ2n) is 6.64. The van der Waals surface area contributed by atoms with Crippen molar-refractivity contribution in [1.82, 2.24) is 9.88 Å². The van der Waals surface area contributed by atoms with Gasteiger partial charge in [-0.25, -0.2) is 0 Å². The zero-order chi connectivity index (χ0) is 16.7. The summed E-state index contributed by atoms with van der Waals surface area (Å²) >= 11 is 3.55. The zero-order valence-electron chi connectivity index (χ0n) is 13.8. The summed E-state index contributed by atoms with van der Waals surface area (Å²) in [6.07, 6.45) is 4.72. The van der Waals surface area contributed by atoms with Crippen LogP contribution in [0.2, 0.25) is 0 Å². The molecule has 0 N–H and O–H groups in total. The molecule has 2 aliphatic heterocycles. The number of hydrogen-bond donors (Lipinski definition) is 0. The molecule has 2 aromatic heterocycles. The number of amides is 1. The van der Waals surface area contributed by atoms with Crippen molar-refractivity contribution in [1.29, 1.82) is 0 Å². The molecule has 2 aliphatic rings. The average molecular weight is 361 g/mol. The lowest BCUT2D eigenvalue weighted by molar-refractivity contribution is 0.0523. The summed E-state index contributed by atoms with van der Waals surface area (Å²) in [5.74, 6) is 1.99. The van der Waals surface area contributed by atoms with Gasteiger partial charge in [0, 0.05) is 36.3 Å². The van der Waals surface area contributed by atoms with Crippen molar-refractivity contribution in [2.75, 3.05) is 18.8 Å². The number of ether oxygens (including phenoxy) is 1. The highest BCUT2D eigenvalue weighted by molar-refractivity contribution is 8.01. The molecule has 0 unspecified atom stereocenters. The Bertz CT molecular complexity index is 734. The maximum absolute atomic E-state index is 12.6. The van der Waals surface area contributed by atoms with Crippen LogP contribution in [-0.2, 0) is 0 Å². The van der Waals surface area contributed by atoms with E-state index in [4.69, 9.17) is 4.74 Å². The van der Waals surface area contributed by atoms with Crippen molar-refractivity contribution in [3.05, 3.63) is 45.9 Å². The Hall–Kier alpha value is -1.53. The number of carbonyl (C=O) groups excluding carboxylic acids is 1. The van der Waals surface area contributed by atoms with Crippen molar-refractivity contribution in [2.24, 2.45) is 0 Å². The minimum Gasteiger partial charge on any atom is -0.488 e. The molecule has 2 saturated heterocycles. The van der Waals surface area contributed by atoms with E-state index in [1.807, 2.05) is 34.9 Å². The number of rotatable bonds is 3. The van der Waals surface area contributed by atoms with Gasteiger partial charge in [0.05, 0.1) is 15.8 Å². The van der Waals surface area contributed by atoms with Gasteiger partial charge >= 0.3 is 0 Å². The predicted octanol–water partition coefficient (Wildman–Crippen LogP) is 3.54. The molecule has 1 spiro atoms. The third kappa shape index (κ3) is 2.93. The van der Waals surface area contributed by atoms with Crippen molar-refractivity contribution < 1.29 is 9.53 Å². The monoisotopic (exact) mass is 360 g/mol. The van der Waals surface area contributed by atoms with Crippen LogP contribution in [-0.4, -0.2) is 45.5 Å². The second-order valence-corrected chi connectivity index (χ2v) is 9.38. The summed E-state index contributed by atoms with van der Waals surface area (Å²) < 4.78 is 6.21. The Morgan fingerprint density at radius 2 is 2.25 bits per heavy atom. The Kier molecular flexibility index (Phi) is 4.04. The molecule has 1 amide bonds. The van der Waals surface area contributed by atoms with E-state index < -0.39 is 0 Å². The first-order chi connectivity index (χ1) is 11.5. The van der Waals surface area contributed by atoms with Crippen LogP contribution in [0.5, 0.6) is 5.75 Å². The van der Waals surface area contributed by atoms with Crippen molar-refractivity contribution >= 4 is 29.0 Å². The largest absolute Gasteiger partial charge is 0.488 e. The van der Waals surface area contributed by atoms with E-state index >= 15 is 0 Å². The fourth-order valence-corrected chi connectivity index (χ4v) is 5.86. The molecule has 126 valence electrons. The SMILES string of the molecule is Cc1cc(C(=O)N2CC3(C[C@@H](Oc4cccnc4)CS3)C2)sc1C. The number of hydrogen-bond acceptors (Lipinski definition) is 5. The van der Waals surface area contributed by atoms with Gasteiger partial charge in [0.15, 0.2) is 0 Å². The molecule has 0 radical (unpaired) electrons. The van der Waals surface area contributed by atoms with Gasteiger partial charge in [-0.2, -0.15) is 0 Å². The molecule has 2 fully saturated rings. The van der Waals surface area contributed by atoms with Crippen LogP contribution in [0.1, 0.15) is 26.5 Å². The molecule has 4 rings (SSSR count). The first-order valence-corrected chi connectivity index (χ1v) is 9.92. The maximum Gasteiger partial charge on any atom is 0.264 e. The highest BCUT2D eigenvalue weighted by Gasteiger charge is 2.51. The van der Waals surface area contributed by atoms with Crippen LogP contribution in [0, 0.1) is 13.8 Å². The van der Waals surface area contributed by atoms with Gasteiger partial charge in [0.2, 0.25) is 0 Å². The Morgan fingerprint density at radius 1 is 1.42 bits per heavy atom. The fraction of sp³-hybridized carbons (Fsp3) is 0.444. The minimum atomic E-state index is 0.180. The second kappa shape index (κ2) is 6.08. The van der Waals surface area contributed by atoms with E-state index in [9.17, 15) is 4.79 Å². The highest BCUT2D eigenvalue weighted by atomic mass is 32.2. The lowest BCUT2D eigenvalue weighted by Gasteiger charge is -2.47. The molecule has 2 aromatic rings. The van der Waals surface area contributed by atoms with E-state index in [-0.39, 0.29) is 16.8 Å². The Balaban J connectivity index is 1.34. The van der Waals surface area contributed by atoms with Crippen molar-refractivity contribution in [3.63, 3.8) is 0 Å². The first-order valence-electron chi connectivity index (χ1n) is 8.12. The van der Waals surface area contributed by atoms with Gasteiger partial charge in [-0.1, -0.05) is 0 Å². The van der Waals surface area contributed by atoms with Crippen LogP contribution < -0.4 is 4.74 Å². The quantitative estimate of drug-likeness (QED) is 0.840. The normalized spacial score (nSPS) is 21.8. The standard InChI is InChI=1S/C18H20N2O2S2/c1-12-6-16(24-13(12)2)17(21)20-10-18(11-20)7-15(9-23-18)22-14-4-3-5-19-8-14/h3-6,8,15H,7,9-11H2,1-2H3/t15-/m1/s1. The number of nitrogens with zero attached hydrogens (tertiary/aromatic N) is 2. The summed E-state index contributed by atoms with van der Waals surface area (Å²) in [6, 6.07) is 5.85. The molecule has 4 nitrogen and oxygen atoms in total. The lowest BCUT2D eigenvalue weighted by Crippen LogP contribution is -2.60. The molecule has 0 saturated carbocycles. The highest BCUT2D eigenvalue weighted by Crippen LogP contribution is 2.46. The molecule has 0 bridgehead atoms. The first kappa shape index (κ1) is 16.0. The van der Waals surface area contributed by atoms with E-state index in [0.29, 0.717) is 0 Å². The van der Waals surface area contributed by atoms with E-state index in [1.165, 1.54) is 10.4 Å². The third-order valence-electron chi connectivity index (χ3n) is 4.73. The molecular weight excluding hydrogens is 340 g/mol. The molecular formula is C18H20N2O2S2. The maximum atomic E-state index is 12.6. The molecule has 4 heterocycles. The van der Waals surface area contributed by atoms with E-state index in [0.717, 1.165) is 35.9 Å². The molecule has 6 heteroatoms. The van der Waals surface area contributed by atoms with Gasteiger partial charge in [-0.15, -0.1) is 23.1 Å². The Morgan fingerprint density at radius 3 is 2.92 bits per heavy atom. The van der Waals surface area contributed by atoms with Crippen molar-refractivity contribution in [2.45, 2.75) is 31.1 Å². The summed E-state index contributed by atoms with van der Waals surface area (Å²) in [6.45, 7) is 5.80. The van der Waals surface area contributed by atoms with E-state index in [2.05, 4.69) is 18.8 Å². The summed E-state index contributed by atoms with van der Waals surface area (Å²) in [5.41, 5.74) is 1.21. The fourth-order valence-electron chi connectivity index (χ4n) is 3.34. The van der Waals surface area contributed by atoms with Crippen molar-refractivity contribution in [3.8, 4) is 5.75 Å². The summed E-state index contributed by atoms with van der Waals surface area (Å²) in [7, 11) is 0. The van der Waals surface area contributed by atoms with Crippen LogP contribution in [0.3, 0.4) is 0 Å². The van der Waals surface area contributed by atoms with Crippen LogP contribution in [0.25, 0.3) is 0 Å². The number of thioether (sulfide) groups is 1. The molecule has 24 heavy (non-hydrogen) atoms. The molecule has 1 atom stereocenters. The topological polar surface area (TPSA) is 42.4 Å². The lowest BCUT2D eigenvalue weighted by atomic mass is 9.92. The van der Waals surface area contributed by atoms with Gasteiger partial charge in [0.25, 0.3) is 5.91 Å². The molecule has 0 aromatic carbocycles. The van der Waals surface area contributed by atoms with Crippen LogP contribution in [0.15, 0.2) is 30.6 Å². The molecule has 0 aliphatic carbocycles. The van der Waals surface area contributed by atoms with Gasteiger partial charge in [0.1, 0.15) is 11.9 Å². The number of aryl methyl sites for hydroxylation is 2. The zero-order valence-corrected chi connectivity index (χ0v) is 15.5. The average Bonchev–Trinajstić information content (AvgIpc) is 3.11. The van der Waals surface area contributed by atoms with Gasteiger partial charge in [-0.05, 0) is 37.6 Å². The van der Waals surface area contributed by atoms with Gasteiger partial charge in [-0.3, -0.25) is 9.78 Å². The van der Waals surface area contributed by atoms with Crippen LogP contribution in [0.4, 0.5) is 0 Å². The summed E-state index contributed by atoms with van der Waals surface area (Å²) in [5, 5.41) is 0. The predicted molar refractivity (Wildman–Crippen MR) is 98.2 cm³/mol. The number of pyridine rings is 1. The number of aromatic nitrogens is 1. The summed E-state index contributed by atoms with van der Waals surface area (Å²) in [4.78, 5) is 20.8. The number of likely N-dealkylation sites (tertiary alicyclic amines) is 1. The smallest absolute Gasteiger partial charge is 0.264 e. The number of thiophene rings is 1. The van der Waals surface area contributed by atoms with E-state index in [1.54, 1.807) is 23.7 Å². The third-order valence-corrected chi connectivity index (χ3v) is 7.45. The Labute approximate surface area is 150 Å². The minimum absolute atomic E-state index is 0.180. The number of carbonyl (C=O) groups is 1. The van der Waals surface area contributed by atoms with Crippen LogP contribution >= 0.6 is 23.1 Å². The van der Waals surface area contributed by atoms with Gasteiger partial charge < -0.3 is 9.64 Å².